The number of nitrogens with zero attached hydrogens (tertiary/aromatic N) is 4. The number of carbonyl (C=O) groups is 1. The molecule has 4 heterocycles. The normalized spacial score (nSPS) is 16.6. The molecule has 4 rings (SSSR count). The molecule has 1 amide bonds. The molecule has 26 heavy (non-hydrogen) atoms. The first-order valence-corrected chi connectivity index (χ1v) is 8.58. The maximum Gasteiger partial charge on any atom is 0.435 e. The van der Waals surface area contributed by atoms with Gasteiger partial charge in [0.2, 0.25) is 5.88 Å². The zero-order valence-corrected chi connectivity index (χ0v) is 14.0. The van der Waals surface area contributed by atoms with Crippen molar-refractivity contribution in [2.45, 2.75) is 51.5 Å². The van der Waals surface area contributed by atoms with Gasteiger partial charge >= 0.3 is 6.18 Å². The molecule has 0 spiro atoms. The number of ether oxygens (including phenoxy) is 1. The Morgan fingerprint density at radius 2 is 2.12 bits per heavy atom. The minimum absolute atomic E-state index is 0.0278. The van der Waals surface area contributed by atoms with Crippen molar-refractivity contribution in [1.29, 1.82) is 0 Å². The van der Waals surface area contributed by atoms with E-state index in [9.17, 15) is 18.0 Å². The van der Waals surface area contributed by atoms with Crippen LogP contribution >= 0.6 is 0 Å². The van der Waals surface area contributed by atoms with Gasteiger partial charge in [0.15, 0.2) is 5.69 Å². The minimum Gasteiger partial charge on any atom is -0.478 e. The van der Waals surface area contributed by atoms with E-state index in [1.807, 2.05) is 0 Å². The molecule has 0 saturated heterocycles. The zero-order valence-electron chi connectivity index (χ0n) is 14.0. The molecule has 140 valence electrons. The summed E-state index contributed by atoms with van der Waals surface area (Å²) in [6.45, 7) is 1.72. The number of hydrogen-bond acceptors (Lipinski definition) is 4. The van der Waals surface area contributed by atoms with Gasteiger partial charge in [0.05, 0.1) is 18.8 Å². The zero-order chi connectivity index (χ0) is 18.3. The summed E-state index contributed by atoms with van der Waals surface area (Å²) >= 11 is 0. The Morgan fingerprint density at radius 1 is 1.27 bits per heavy atom. The lowest BCUT2D eigenvalue weighted by Crippen LogP contribution is -2.29. The first-order valence-electron chi connectivity index (χ1n) is 8.58. The van der Waals surface area contributed by atoms with Gasteiger partial charge in [0, 0.05) is 32.0 Å². The second-order valence-electron chi connectivity index (χ2n) is 6.41. The minimum atomic E-state index is -4.67. The number of carbonyl (C=O) groups excluding carboxylic acids is 1. The van der Waals surface area contributed by atoms with Gasteiger partial charge in [-0.05, 0) is 12.8 Å². The molecule has 0 bridgehead atoms. The maximum absolute atomic E-state index is 13.3. The summed E-state index contributed by atoms with van der Waals surface area (Å²) in [5.41, 5.74) is -0.978. The number of alkyl halides is 3. The van der Waals surface area contributed by atoms with E-state index < -0.39 is 23.5 Å². The predicted octanol–water partition coefficient (Wildman–Crippen LogP) is 2.15. The van der Waals surface area contributed by atoms with Crippen molar-refractivity contribution in [1.82, 2.24) is 24.6 Å². The van der Waals surface area contributed by atoms with E-state index in [4.69, 9.17) is 4.74 Å². The Balaban J connectivity index is 1.56. The summed E-state index contributed by atoms with van der Waals surface area (Å²) in [6, 6.07) is 1.69. The van der Waals surface area contributed by atoms with Gasteiger partial charge in [-0.15, -0.1) is 0 Å². The highest BCUT2D eigenvalue weighted by molar-refractivity contribution is 5.94. The highest BCUT2D eigenvalue weighted by Gasteiger charge is 2.41. The standard InChI is InChI=1S/C16H18F3N5O2/c17-16(18,19)14-13(23-5-2-1-4-11(23)21-14)15(25)20-9-10-8-12-24(22-10)6-3-7-26-12/h8H,1-7,9H2,(H,20,25). The van der Waals surface area contributed by atoms with Gasteiger partial charge < -0.3 is 14.6 Å². The quantitative estimate of drug-likeness (QED) is 0.900. The Bertz CT molecular complexity index is 816. The first-order chi connectivity index (χ1) is 12.4. The van der Waals surface area contributed by atoms with Gasteiger partial charge in [0.25, 0.3) is 5.91 Å². The second kappa shape index (κ2) is 6.33. The lowest BCUT2D eigenvalue weighted by atomic mass is 10.1. The fourth-order valence-electron chi connectivity index (χ4n) is 3.37. The van der Waals surface area contributed by atoms with Crippen LogP contribution in [0.1, 0.15) is 47.0 Å². The van der Waals surface area contributed by atoms with Crippen LogP contribution in [0.25, 0.3) is 0 Å². The first kappa shape index (κ1) is 16.9. The number of aromatic nitrogens is 4. The molecule has 7 nitrogen and oxygen atoms in total. The van der Waals surface area contributed by atoms with Crippen LogP contribution in [0, 0.1) is 0 Å². The average molecular weight is 369 g/mol. The summed E-state index contributed by atoms with van der Waals surface area (Å²) < 4.78 is 48.5. The molecule has 2 aliphatic rings. The number of imidazole rings is 1. The average Bonchev–Trinajstić information content (AvgIpc) is 3.20. The van der Waals surface area contributed by atoms with Crippen LogP contribution in [0.4, 0.5) is 13.2 Å². The molecular weight excluding hydrogens is 351 g/mol. The Morgan fingerprint density at radius 3 is 2.88 bits per heavy atom. The number of halogens is 3. The van der Waals surface area contributed by atoms with Gasteiger partial charge in [-0.2, -0.15) is 18.3 Å². The van der Waals surface area contributed by atoms with Crippen LogP contribution in [0.3, 0.4) is 0 Å². The van der Waals surface area contributed by atoms with Crippen molar-refractivity contribution in [3.8, 4) is 5.88 Å². The van der Waals surface area contributed by atoms with Gasteiger partial charge in [-0.25, -0.2) is 9.67 Å². The third kappa shape index (κ3) is 3.04. The molecule has 0 atom stereocenters. The summed E-state index contributed by atoms with van der Waals surface area (Å²) in [5.74, 6) is 0.141. The molecule has 1 N–H and O–H groups in total. The maximum atomic E-state index is 13.3. The van der Waals surface area contributed by atoms with Crippen molar-refractivity contribution < 1.29 is 22.7 Å². The van der Waals surface area contributed by atoms with E-state index >= 15 is 0 Å². The van der Waals surface area contributed by atoms with Crippen LogP contribution in [0.15, 0.2) is 6.07 Å². The fraction of sp³-hybridized carbons (Fsp3) is 0.562. The topological polar surface area (TPSA) is 74.0 Å². The Hall–Kier alpha value is -2.52. The third-order valence-electron chi connectivity index (χ3n) is 4.55. The van der Waals surface area contributed by atoms with Crippen molar-refractivity contribution in [2.75, 3.05) is 6.61 Å². The van der Waals surface area contributed by atoms with E-state index in [-0.39, 0.29) is 6.54 Å². The molecule has 0 saturated carbocycles. The number of amides is 1. The van der Waals surface area contributed by atoms with Crippen molar-refractivity contribution in [3.63, 3.8) is 0 Å². The number of nitrogens with one attached hydrogen (secondary N) is 1. The molecule has 2 aromatic heterocycles. The molecule has 0 fully saturated rings. The lowest BCUT2D eigenvalue weighted by Gasteiger charge is -2.16. The van der Waals surface area contributed by atoms with Gasteiger partial charge in [-0.1, -0.05) is 0 Å². The molecule has 2 aliphatic heterocycles. The second-order valence-corrected chi connectivity index (χ2v) is 6.41. The molecule has 10 heteroatoms. The number of rotatable bonds is 3. The van der Waals surface area contributed by atoms with Crippen molar-refractivity contribution >= 4 is 5.91 Å². The fourth-order valence-corrected chi connectivity index (χ4v) is 3.37. The van der Waals surface area contributed by atoms with Crippen LogP contribution in [0.5, 0.6) is 5.88 Å². The summed E-state index contributed by atoms with van der Waals surface area (Å²) in [7, 11) is 0. The molecular formula is C16H18F3N5O2. The van der Waals surface area contributed by atoms with E-state index in [2.05, 4.69) is 15.4 Å². The van der Waals surface area contributed by atoms with Crippen LogP contribution in [-0.4, -0.2) is 31.8 Å². The number of hydrogen-bond donors (Lipinski definition) is 1. The number of aryl methyl sites for hydroxylation is 2. The van der Waals surface area contributed by atoms with Gasteiger partial charge in [-0.3, -0.25) is 4.79 Å². The summed E-state index contributed by atoms with van der Waals surface area (Å²) in [4.78, 5) is 16.2. The van der Waals surface area contributed by atoms with E-state index in [0.29, 0.717) is 37.0 Å². The Kier molecular flexibility index (Phi) is 4.12. The summed E-state index contributed by atoms with van der Waals surface area (Å²) in [6.07, 6.45) is -1.88. The third-order valence-corrected chi connectivity index (χ3v) is 4.55. The molecule has 2 aromatic rings. The highest BCUT2D eigenvalue weighted by atomic mass is 19.4. The molecule has 0 radical (unpaired) electrons. The van der Waals surface area contributed by atoms with Crippen molar-refractivity contribution in [3.05, 3.63) is 29.0 Å². The predicted molar refractivity (Wildman–Crippen MR) is 83.7 cm³/mol. The summed E-state index contributed by atoms with van der Waals surface area (Å²) in [5, 5.41) is 6.84. The highest BCUT2D eigenvalue weighted by Crippen LogP contribution is 2.33. The van der Waals surface area contributed by atoms with Crippen molar-refractivity contribution in [2.24, 2.45) is 0 Å². The monoisotopic (exact) mass is 369 g/mol. The largest absolute Gasteiger partial charge is 0.478 e. The molecule has 0 unspecified atom stereocenters. The molecule has 0 aromatic carbocycles. The van der Waals surface area contributed by atoms with Crippen LogP contribution in [0.2, 0.25) is 0 Å². The smallest absolute Gasteiger partial charge is 0.435 e. The number of fused-ring (bicyclic) bond motifs is 2. The van der Waals surface area contributed by atoms with Crippen LogP contribution in [-0.2, 0) is 32.2 Å². The van der Waals surface area contributed by atoms with E-state index in [1.54, 1.807) is 10.7 Å². The van der Waals surface area contributed by atoms with Gasteiger partial charge in [0.1, 0.15) is 11.5 Å². The van der Waals surface area contributed by atoms with Crippen LogP contribution < -0.4 is 10.1 Å². The van der Waals surface area contributed by atoms with E-state index in [1.165, 1.54) is 4.57 Å². The molecule has 0 aliphatic carbocycles. The Labute approximate surface area is 147 Å². The van der Waals surface area contributed by atoms with E-state index in [0.717, 1.165) is 25.8 Å². The SMILES string of the molecule is O=C(NCc1cc2n(n1)CCCO2)c1c(C(F)(F)F)nc2n1CCCC2. The lowest BCUT2D eigenvalue weighted by molar-refractivity contribution is -0.141.